The summed E-state index contributed by atoms with van der Waals surface area (Å²) in [7, 11) is 0. The molecule has 0 amide bonds. The van der Waals surface area contributed by atoms with Gasteiger partial charge >= 0.3 is 0 Å². The smallest absolute Gasteiger partial charge is 0.122 e. The minimum atomic E-state index is 0.416. The molecule has 2 aromatic rings. The summed E-state index contributed by atoms with van der Waals surface area (Å²) >= 11 is 0. The van der Waals surface area contributed by atoms with Gasteiger partial charge in [-0.1, -0.05) is 30.2 Å². The molecule has 1 aromatic carbocycles. The topological polar surface area (TPSA) is 21.1 Å². The number of hydrogen-bond acceptors (Lipinski definition) is 2. The monoisotopic (exact) mass is 279 g/mol. The predicted molar refractivity (Wildman–Crippen MR) is 84.6 cm³/mol. The number of benzene rings is 1. The number of aryl methyl sites for hydroxylation is 2. The van der Waals surface area contributed by atoms with Gasteiger partial charge in [-0.05, 0) is 30.9 Å². The summed E-state index contributed by atoms with van der Waals surface area (Å²) in [6, 6.07) is 9.13. The van der Waals surface area contributed by atoms with Crippen molar-refractivity contribution in [3.63, 3.8) is 0 Å². The zero-order chi connectivity index (χ0) is 14.7. The van der Waals surface area contributed by atoms with Crippen molar-refractivity contribution < 1.29 is 0 Å². The van der Waals surface area contributed by atoms with E-state index < -0.39 is 0 Å². The Hall–Kier alpha value is -2.05. The molecule has 1 aliphatic rings. The van der Waals surface area contributed by atoms with E-state index in [2.05, 4.69) is 51.6 Å². The lowest BCUT2D eigenvalue weighted by Gasteiger charge is -2.27. The molecule has 1 aromatic heterocycles. The van der Waals surface area contributed by atoms with E-state index in [9.17, 15) is 0 Å². The Balaban J connectivity index is 1.85. The molecule has 0 aliphatic heterocycles. The number of aromatic nitrogens is 2. The number of rotatable bonds is 5. The first-order valence-corrected chi connectivity index (χ1v) is 7.58. The Morgan fingerprint density at radius 3 is 3.10 bits per heavy atom. The Morgan fingerprint density at radius 1 is 1.43 bits per heavy atom. The van der Waals surface area contributed by atoms with Gasteiger partial charge in [-0.2, -0.15) is 0 Å². The molecule has 1 heterocycles. The molecular weight excluding hydrogens is 258 g/mol. The van der Waals surface area contributed by atoms with Crippen LogP contribution in [0.15, 0.2) is 36.7 Å². The zero-order valence-corrected chi connectivity index (χ0v) is 12.5. The van der Waals surface area contributed by atoms with Crippen molar-refractivity contribution in [1.82, 2.24) is 14.5 Å². The van der Waals surface area contributed by atoms with Crippen LogP contribution in [0.1, 0.15) is 36.3 Å². The average molecular weight is 279 g/mol. The Morgan fingerprint density at radius 2 is 2.29 bits per heavy atom. The molecule has 0 N–H and O–H groups in total. The molecule has 0 spiro atoms. The van der Waals surface area contributed by atoms with Gasteiger partial charge in [-0.3, -0.25) is 4.90 Å². The second-order valence-corrected chi connectivity index (χ2v) is 5.49. The second-order valence-electron chi connectivity index (χ2n) is 5.49. The third kappa shape index (κ3) is 2.72. The summed E-state index contributed by atoms with van der Waals surface area (Å²) in [4.78, 5) is 6.86. The molecule has 3 nitrogen and oxygen atoms in total. The third-order valence-electron chi connectivity index (χ3n) is 4.32. The Bertz CT molecular complexity index is 650. The SMILES string of the molecule is C#CCN(Cc1nccn1CC)[C@@H]1CCc2ccccc21. The highest BCUT2D eigenvalue weighted by molar-refractivity contribution is 5.34. The fraction of sp³-hybridized carbons (Fsp3) is 0.389. The van der Waals surface area contributed by atoms with Crippen molar-refractivity contribution in [3.8, 4) is 12.3 Å². The van der Waals surface area contributed by atoms with Gasteiger partial charge in [0.25, 0.3) is 0 Å². The highest BCUT2D eigenvalue weighted by Crippen LogP contribution is 2.36. The van der Waals surface area contributed by atoms with Crippen molar-refractivity contribution in [2.75, 3.05) is 6.54 Å². The van der Waals surface area contributed by atoms with Gasteiger partial charge in [-0.15, -0.1) is 6.42 Å². The highest BCUT2D eigenvalue weighted by atomic mass is 15.2. The summed E-state index contributed by atoms with van der Waals surface area (Å²) in [5.74, 6) is 3.91. The van der Waals surface area contributed by atoms with Crippen LogP contribution in [0.5, 0.6) is 0 Å². The van der Waals surface area contributed by atoms with E-state index in [-0.39, 0.29) is 0 Å². The minimum Gasteiger partial charge on any atom is -0.334 e. The molecule has 1 aliphatic carbocycles. The number of imidazole rings is 1. The average Bonchev–Trinajstić information content (AvgIpc) is 3.12. The largest absolute Gasteiger partial charge is 0.334 e. The third-order valence-corrected chi connectivity index (χ3v) is 4.32. The van der Waals surface area contributed by atoms with E-state index in [1.807, 2.05) is 12.4 Å². The molecule has 0 fully saturated rings. The van der Waals surface area contributed by atoms with Crippen molar-refractivity contribution >= 4 is 0 Å². The standard InChI is InChI=1S/C18H21N3/c1-3-12-21(14-18-19-11-13-20(18)4-2)17-10-9-15-7-5-6-8-16(15)17/h1,5-8,11,13,17H,4,9-10,12,14H2,2H3/t17-/m1/s1. The Kier molecular flexibility index (Phi) is 4.08. The van der Waals surface area contributed by atoms with E-state index in [1.54, 1.807) is 0 Å². The predicted octanol–water partition coefficient (Wildman–Crippen LogP) is 3.03. The zero-order valence-electron chi connectivity index (χ0n) is 12.5. The van der Waals surface area contributed by atoms with E-state index in [1.165, 1.54) is 11.1 Å². The van der Waals surface area contributed by atoms with Crippen LogP contribution >= 0.6 is 0 Å². The van der Waals surface area contributed by atoms with Gasteiger partial charge in [0.2, 0.25) is 0 Å². The number of nitrogens with zero attached hydrogens (tertiary/aromatic N) is 3. The van der Waals surface area contributed by atoms with Crippen LogP contribution in [-0.4, -0.2) is 21.0 Å². The quantitative estimate of drug-likeness (QED) is 0.784. The summed E-state index contributed by atoms with van der Waals surface area (Å²) in [5, 5.41) is 0. The molecule has 3 rings (SSSR count). The summed E-state index contributed by atoms with van der Waals surface area (Å²) < 4.78 is 2.18. The van der Waals surface area contributed by atoms with Crippen molar-refractivity contribution in [2.45, 2.75) is 38.9 Å². The minimum absolute atomic E-state index is 0.416. The van der Waals surface area contributed by atoms with Crippen molar-refractivity contribution in [2.24, 2.45) is 0 Å². The van der Waals surface area contributed by atoms with Gasteiger partial charge in [0, 0.05) is 25.0 Å². The fourth-order valence-electron chi connectivity index (χ4n) is 3.27. The van der Waals surface area contributed by atoms with Crippen LogP contribution in [0.25, 0.3) is 0 Å². The van der Waals surface area contributed by atoms with Gasteiger partial charge in [0.05, 0.1) is 13.1 Å². The molecule has 21 heavy (non-hydrogen) atoms. The molecule has 0 radical (unpaired) electrons. The number of hydrogen-bond donors (Lipinski definition) is 0. The maximum absolute atomic E-state index is 5.60. The van der Waals surface area contributed by atoms with Crippen LogP contribution in [0.3, 0.4) is 0 Å². The second kappa shape index (κ2) is 6.15. The van der Waals surface area contributed by atoms with Crippen molar-refractivity contribution in [1.29, 1.82) is 0 Å². The van der Waals surface area contributed by atoms with Crippen LogP contribution in [-0.2, 0) is 19.5 Å². The maximum atomic E-state index is 5.60. The number of fused-ring (bicyclic) bond motifs is 1. The maximum Gasteiger partial charge on any atom is 0.122 e. The van der Waals surface area contributed by atoms with Crippen LogP contribution in [0, 0.1) is 12.3 Å². The Labute approximate surface area is 126 Å². The van der Waals surface area contributed by atoms with Gasteiger partial charge in [0.15, 0.2) is 0 Å². The molecular formula is C18H21N3. The van der Waals surface area contributed by atoms with E-state index in [0.29, 0.717) is 12.6 Å². The van der Waals surface area contributed by atoms with Crippen molar-refractivity contribution in [3.05, 3.63) is 53.6 Å². The molecule has 108 valence electrons. The molecule has 0 saturated carbocycles. The first-order valence-electron chi connectivity index (χ1n) is 7.58. The first kappa shape index (κ1) is 13.9. The van der Waals surface area contributed by atoms with Crippen LogP contribution in [0.2, 0.25) is 0 Å². The molecule has 0 bridgehead atoms. The lowest BCUT2D eigenvalue weighted by atomic mass is 10.1. The van der Waals surface area contributed by atoms with Gasteiger partial charge < -0.3 is 4.57 Å². The molecule has 3 heteroatoms. The van der Waals surface area contributed by atoms with E-state index >= 15 is 0 Å². The molecule has 1 atom stereocenters. The van der Waals surface area contributed by atoms with E-state index in [0.717, 1.165) is 31.8 Å². The van der Waals surface area contributed by atoms with Gasteiger partial charge in [-0.25, -0.2) is 4.98 Å². The fourth-order valence-corrected chi connectivity index (χ4v) is 3.27. The molecule has 0 saturated heterocycles. The summed E-state index contributed by atoms with van der Waals surface area (Å²) in [6.45, 7) is 4.56. The first-order chi connectivity index (χ1) is 10.3. The lowest BCUT2D eigenvalue weighted by Crippen LogP contribution is -2.29. The normalized spacial score (nSPS) is 16.9. The van der Waals surface area contributed by atoms with Crippen LogP contribution in [0.4, 0.5) is 0 Å². The van der Waals surface area contributed by atoms with E-state index in [4.69, 9.17) is 6.42 Å². The summed E-state index contributed by atoms with van der Waals surface area (Å²) in [6.07, 6.45) is 11.8. The van der Waals surface area contributed by atoms with Crippen LogP contribution < -0.4 is 0 Å². The van der Waals surface area contributed by atoms with Gasteiger partial charge in [0.1, 0.15) is 5.82 Å². The molecule has 0 unspecified atom stereocenters. The highest BCUT2D eigenvalue weighted by Gasteiger charge is 2.27. The lowest BCUT2D eigenvalue weighted by molar-refractivity contribution is 0.205. The summed E-state index contributed by atoms with van der Waals surface area (Å²) in [5.41, 5.74) is 2.89. The number of terminal acetylenes is 1.